The molecule has 2 N–H and O–H groups in total. The van der Waals surface area contributed by atoms with Crippen molar-refractivity contribution in [3.8, 4) is 0 Å². The van der Waals surface area contributed by atoms with Crippen LogP contribution in [-0.2, 0) is 12.4 Å². The van der Waals surface area contributed by atoms with Gasteiger partial charge in [-0.05, 0) is 42.3 Å². The number of benzene rings is 2. The van der Waals surface area contributed by atoms with E-state index in [0.29, 0.717) is 22.7 Å². The van der Waals surface area contributed by atoms with Crippen LogP contribution in [0.25, 0.3) is 0 Å². The molecule has 0 aliphatic carbocycles. The number of rotatable bonds is 3. The first-order valence-corrected chi connectivity index (χ1v) is 9.97. The molecule has 5 nitrogen and oxygen atoms in total. The second kappa shape index (κ2) is 9.12. The highest BCUT2D eigenvalue weighted by atomic mass is 35.5. The van der Waals surface area contributed by atoms with Crippen molar-refractivity contribution in [1.29, 1.82) is 0 Å². The number of halogens is 7. The summed E-state index contributed by atoms with van der Waals surface area (Å²) in [7, 11) is 0. The first-order chi connectivity index (χ1) is 15.3. The summed E-state index contributed by atoms with van der Waals surface area (Å²) in [5.41, 5.74) is -3.44. The highest BCUT2D eigenvalue weighted by molar-refractivity contribution is 6.30. The third-order valence-corrected chi connectivity index (χ3v) is 5.56. The molecule has 0 saturated carbocycles. The smallest absolute Gasteiger partial charge is 0.416 e. The lowest BCUT2D eigenvalue weighted by Gasteiger charge is -2.38. The lowest BCUT2D eigenvalue weighted by atomic mass is 9.85. The van der Waals surface area contributed by atoms with Crippen LogP contribution >= 0.6 is 11.6 Å². The molecular formula is C21H17ClF6N2O3. The van der Waals surface area contributed by atoms with Crippen LogP contribution in [0.15, 0.2) is 42.5 Å². The summed E-state index contributed by atoms with van der Waals surface area (Å²) in [5, 5.41) is 12.1. The minimum absolute atomic E-state index is 0.0216. The van der Waals surface area contributed by atoms with Gasteiger partial charge >= 0.3 is 18.4 Å². The second-order valence-corrected chi connectivity index (χ2v) is 7.99. The SMILES string of the molecule is O=C(NC1CCN(C(=O)O)CC1c1cccc(Cl)c1)c1cc(C(F)(F)F)cc(C(F)(F)F)c1. The van der Waals surface area contributed by atoms with Crippen molar-refractivity contribution in [1.82, 2.24) is 10.2 Å². The van der Waals surface area contributed by atoms with Crippen molar-refractivity contribution in [3.63, 3.8) is 0 Å². The van der Waals surface area contributed by atoms with Crippen molar-refractivity contribution in [2.24, 2.45) is 0 Å². The number of carbonyl (C=O) groups excluding carboxylic acids is 1. The van der Waals surface area contributed by atoms with Crippen LogP contribution in [0.1, 0.15) is 39.4 Å². The summed E-state index contributed by atoms with van der Waals surface area (Å²) >= 11 is 6.00. The van der Waals surface area contributed by atoms with Gasteiger partial charge in [-0.15, -0.1) is 0 Å². The topological polar surface area (TPSA) is 69.6 Å². The van der Waals surface area contributed by atoms with Crippen molar-refractivity contribution in [2.75, 3.05) is 13.1 Å². The largest absolute Gasteiger partial charge is 0.465 e. The van der Waals surface area contributed by atoms with Crippen LogP contribution in [0, 0.1) is 0 Å². The number of hydrogen-bond donors (Lipinski definition) is 2. The lowest BCUT2D eigenvalue weighted by Crippen LogP contribution is -2.51. The quantitative estimate of drug-likeness (QED) is 0.542. The van der Waals surface area contributed by atoms with Gasteiger partial charge in [-0.2, -0.15) is 26.3 Å². The molecule has 2 unspecified atom stereocenters. The zero-order chi connectivity index (χ0) is 24.6. The van der Waals surface area contributed by atoms with Gasteiger partial charge in [-0.3, -0.25) is 4.79 Å². The molecule has 2 amide bonds. The maximum absolute atomic E-state index is 13.1. The van der Waals surface area contributed by atoms with Crippen LogP contribution in [0.3, 0.4) is 0 Å². The zero-order valence-electron chi connectivity index (χ0n) is 16.7. The molecule has 2 atom stereocenters. The molecule has 33 heavy (non-hydrogen) atoms. The Morgan fingerprint density at radius 2 is 1.61 bits per heavy atom. The van der Waals surface area contributed by atoms with Gasteiger partial charge in [0.1, 0.15) is 0 Å². The molecule has 2 aromatic carbocycles. The van der Waals surface area contributed by atoms with Crippen molar-refractivity contribution in [3.05, 3.63) is 69.7 Å². The maximum Gasteiger partial charge on any atom is 0.416 e. The Bertz CT molecular complexity index is 1020. The zero-order valence-corrected chi connectivity index (χ0v) is 17.4. The van der Waals surface area contributed by atoms with E-state index in [4.69, 9.17) is 11.6 Å². The lowest BCUT2D eigenvalue weighted by molar-refractivity contribution is -0.143. The molecule has 2 aromatic rings. The Labute approximate surface area is 188 Å². The molecule has 1 heterocycles. The normalized spacial score (nSPS) is 19.3. The number of carbonyl (C=O) groups is 2. The fourth-order valence-electron chi connectivity index (χ4n) is 3.71. The standard InChI is InChI=1S/C21H17ClF6N2O3/c22-15-3-1-2-11(8-15)16-10-30(19(32)33)5-4-17(16)29-18(31)12-6-13(20(23,24)25)9-14(7-12)21(26,27)28/h1-3,6-9,16-17H,4-5,10H2,(H,29,31)(H,32,33). The maximum atomic E-state index is 13.1. The number of amides is 2. The number of piperidine rings is 1. The van der Waals surface area contributed by atoms with Crippen LogP contribution < -0.4 is 5.32 Å². The molecule has 178 valence electrons. The van der Waals surface area contributed by atoms with Crippen molar-refractivity contribution in [2.45, 2.75) is 30.7 Å². The molecule has 1 aliphatic heterocycles. The Hall–Kier alpha value is -2.95. The molecular weight excluding hydrogens is 478 g/mol. The third-order valence-electron chi connectivity index (χ3n) is 5.33. The fourth-order valence-corrected chi connectivity index (χ4v) is 3.91. The number of alkyl halides is 6. The molecule has 1 saturated heterocycles. The van der Waals surface area contributed by atoms with Gasteiger partial charge in [-0.1, -0.05) is 23.7 Å². The van der Waals surface area contributed by atoms with Crippen LogP contribution in [0.2, 0.25) is 5.02 Å². The average Bonchev–Trinajstić information content (AvgIpc) is 2.72. The fraction of sp³-hybridized carbons (Fsp3) is 0.333. The van der Waals surface area contributed by atoms with Gasteiger partial charge in [-0.25, -0.2) is 4.79 Å². The van der Waals surface area contributed by atoms with Gasteiger partial charge in [0.05, 0.1) is 11.1 Å². The van der Waals surface area contributed by atoms with Gasteiger partial charge < -0.3 is 15.3 Å². The minimum Gasteiger partial charge on any atom is -0.465 e. The molecule has 0 bridgehead atoms. The van der Waals surface area contributed by atoms with E-state index in [1.807, 2.05) is 0 Å². The second-order valence-electron chi connectivity index (χ2n) is 7.55. The van der Waals surface area contributed by atoms with Crippen LogP contribution in [0.5, 0.6) is 0 Å². The summed E-state index contributed by atoms with van der Waals surface area (Å²) in [5.74, 6) is -1.75. The summed E-state index contributed by atoms with van der Waals surface area (Å²) < 4.78 is 78.8. The van der Waals surface area contributed by atoms with Gasteiger partial charge in [0, 0.05) is 35.6 Å². The Morgan fingerprint density at radius 3 is 2.12 bits per heavy atom. The highest BCUT2D eigenvalue weighted by Gasteiger charge is 2.38. The first kappa shape index (κ1) is 24.7. The minimum atomic E-state index is -5.09. The Kier molecular flexibility index (Phi) is 6.83. The van der Waals surface area contributed by atoms with Crippen molar-refractivity contribution < 1.29 is 41.0 Å². The molecule has 3 rings (SSSR count). The van der Waals surface area contributed by atoms with Gasteiger partial charge in [0.15, 0.2) is 0 Å². The summed E-state index contributed by atoms with van der Waals surface area (Å²) in [6.07, 6.45) is -11.3. The van der Waals surface area contributed by atoms with E-state index < -0.39 is 53.0 Å². The molecule has 0 radical (unpaired) electrons. The number of likely N-dealkylation sites (tertiary alicyclic amines) is 1. The van der Waals surface area contributed by atoms with Crippen LogP contribution in [0.4, 0.5) is 31.1 Å². The number of carboxylic acid groups (broad SMARTS) is 1. The van der Waals surface area contributed by atoms with E-state index in [9.17, 15) is 41.0 Å². The van der Waals surface area contributed by atoms with E-state index >= 15 is 0 Å². The first-order valence-electron chi connectivity index (χ1n) is 9.59. The van der Waals surface area contributed by atoms with E-state index in [1.54, 1.807) is 24.3 Å². The highest BCUT2D eigenvalue weighted by Crippen LogP contribution is 2.36. The van der Waals surface area contributed by atoms with Gasteiger partial charge in [0.2, 0.25) is 0 Å². The number of nitrogens with zero attached hydrogens (tertiary/aromatic N) is 1. The summed E-state index contributed by atoms with van der Waals surface area (Å²) in [4.78, 5) is 25.3. The van der Waals surface area contributed by atoms with E-state index in [2.05, 4.69) is 5.32 Å². The molecule has 1 aliphatic rings. The van der Waals surface area contributed by atoms with Gasteiger partial charge in [0.25, 0.3) is 5.91 Å². The molecule has 0 aromatic heterocycles. The van der Waals surface area contributed by atoms with E-state index in [-0.39, 0.29) is 25.6 Å². The molecule has 1 fully saturated rings. The number of nitrogens with one attached hydrogen (secondary N) is 1. The summed E-state index contributed by atoms with van der Waals surface area (Å²) in [6.45, 7) is -0.0231. The monoisotopic (exact) mass is 494 g/mol. The Balaban J connectivity index is 1.93. The third kappa shape index (κ3) is 5.89. The molecule has 0 spiro atoms. The predicted octanol–water partition coefficient (Wildman–Crippen LogP) is 5.64. The van der Waals surface area contributed by atoms with E-state index in [1.165, 1.54) is 0 Å². The predicted molar refractivity (Wildman–Crippen MR) is 106 cm³/mol. The molecule has 12 heteroatoms. The van der Waals surface area contributed by atoms with E-state index in [0.717, 1.165) is 4.90 Å². The summed E-state index contributed by atoms with van der Waals surface area (Å²) in [6, 6.07) is 6.29. The number of hydrogen-bond acceptors (Lipinski definition) is 2. The Morgan fingerprint density at radius 1 is 1.00 bits per heavy atom. The van der Waals surface area contributed by atoms with Crippen molar-refractivity contribution >= 4 is 23.6 Å². The average molecular weight is 495 g/mol. The van der Waals surface area contributed by atoms with Crippen LogP contribution in [-0.4, -0.2) is 41.1 Å².